The molecule has 1 aromatic heterocycles. The highest BCUT2D eigenvalue weighted by Crippen LogP contribution is 2.32. The average molecular weight is 687 g/mol. The number of hydrogen-bond donors (Lipinski definition) is 0. The Morgan fingerprint density at radius 1 is 0.320 bits per heavy atom. The van der Waals surface area contributed by atoms with Gasteiger partial charge in [-0.15, -0.1) is 0 Å². The van der Waals surface area contributed by atoms with E-state index in [4.69, 9.17) is 4.42 Å². The van der Waals surface area contributed by atoms with Crippen LogP contribution in [0.3, 0.4) is 0 Å². The van der Waals surface area contributed by atoms with Crippen LogP contribution >= 0.6 is 0 Å². The van der Waals surface area contributed by atoms with Gasteiger partial charge in [0.15, 0.2) is 8.07 Å². The zero-order valence-electron chi connectivity index (χ0n) is 26.0. The van der Waals surface area contributed by atoms with E-state index in [0.29, 0.717) is 21.5 Å². The zero-order chi connectivity index (χ0) is 34.6. The summed E-state index contributed by atoms with van der Waals surface area (Å²) in [5.41, 5.74) is 3.90. The summed E-state index contributed by atoms with van der Waals surface area (Å²) in [5, 5.41) is 3.51. The second-order valence-corrected chi connectivity index (χ2v) is 16.0. The van der Waals surface area contributed by atoms with Gasteiger partial charge in [0.05, 0.1) is 0 Å². The first-order chi connectivity index (χ1) is 24.2. The number of rotatable bonds is 6. The normalized spacial score (nSPS) is 11.8. The summed E-state index contributed by atoms with van der Waals surface area (Å²) < 4.78 is 94.6. The molecule has 244 valence electrons. The molecule has 0 aliphatic carbocycles. The summed E-state index contributed by atoms with van der Waals surface area (Å²) in [6.07, 6.45) is 0. The van der Waals surface area contributed by atoms with Gasteiger partial charge in [-0.1, -0.05) is 72.8 Å². The second-order valence-electron chi connectivity index (χ2n) is 12.2. The maximum Gasteiger partial charge on any atom is 0.180 e. The maximum absolute atomic E-state index is 15.1. The molecule has 0 aliphatic heterocycles. The Hall–Kier alpha value is -5.86. The summed E-state index contributed by atoms with van der Waals surface area (Å²) in [5.74, 6) is -4.91. The number of hydrogen-bond acceptors (Lipinski definition) is 1. The Morgan fingerprint density at radius 2 is 0.740 bits per heavy atom. The van der Waals surface area contributed by atoms with Crippen LogP contribution in [0.25, 0.3) is 44.2 Å². The van der Waals surface area contributed by atoms with Crippen LogP contribution in [0.5, 0.6) is 0 Å². The summed E-state index contributed by atoms with van der Waals surface area (Å²) >= 11 is 0. The van der Waals surface area contributed by atoms with Crippen molar-refractivity contribution in [1.29, 1.82) is 0 Å². The Bertz CT molecular complexity index is 2450. The van der Waals surface area contributed by atoms with Crippen LogP contribution < -0.4 is 20.7 Å². The first-order valence-corrected chi connectivity index (χ1v) is 17.7. The van der Waals surface area contributed by atoms with Crippen molar-refractivity contribution in [2.45, 2.75) is 0 Å². The molecule has 0 bridgehead atoms. The van der Waals surface area contributed by atoms with Crippen molar-refractivity contribution < 1.29 is 30.8 Å². The molecule has 0 unspecified atom stereocenters. The number of para-hydroxylation sites is 1. The maximum atomic E-state index is 15.1. The molecular weight excluding hydrogens is 663 g/mol. The molecule has 8 rings (SSSR count). The molecule has 0 saturated heterocycles. The van der Waals surface area contributed by atoms with Crippen LogP contribution in [0.2, 0.25) is 0 Å². The van der Waals surface area contributed by atoms with Gasteiger partial charge < -0.3 is 4.42 Å². The van der Waals surface area contributed by atoms with Crippen molar-refractivity contribution in [2.75, 3.05) is 0 Å². The van der Waals surface area contributed by atoms with E-state index in [-0.39, 0.29) is 15.9 Å². The Balaban J connectivity index is 1.34. The topological polar surface area (TPSA) is 13.1 Å². The van der Waals surface area contributed by atoms with Gasteiger partial charge in [0.25, 0.3) is 0 Å². The van der Waals surface area contributed by atoms with Crippen LogP contribution in [0, 0.1) is 34.9 Å². The largest absolute Gasteiger partial charge is 0.456 e. The van der Waals surface area contributed by atoms with Crippen LogP contribution in [0.1, 0.15) is 0 Å². The highest BCUT2D eigenvalue weighted by atomic mass is 28.3. The van der Waals surface area contributed by atoms with E-state index >= 15 is 17.6 Å². The molecule has 8 aromatic rings. The van der Waals surface area contributed by atoms with E-state index in [1.54, 1.807) is 24.3 Å². The lowest BCUT2D eigenvalue weighted by Gasteiger charge is -2.34. The van der Waals surface area contributed by atoms with Gasteiger partial charge in [0.2, 0.25) is 0 Å². The Morgan fingerprint density at radius 3 is 1.26 bits per heavy atom. The lowest BCUT2D eigenvalue weighted by Crippen LogP contribution is -2.75. The van der Waals surface area contributed by atoms with Crippen molar-refractivity contribution in [3.8, 4) is 22.3 Å². The fourth-order valence-electron chi connectivity index (χ4n) is 6.99. The number of benzene rings is 7. The van der Waals surface area contributed by atoms with Gasteiger partial charge in [-0.25, -0.2) is 26.3 Å². The lowest BCUT2D eigenvalue weighted by atomic mass is 10.0. The fourth-order valence-corrected chi connectivity index (χ4v) is 11.7. The van der Waals surface area contributed by atoms with Gasteiger partial charge in [-0.05, 0) is 97.6 Å². The van der Waals surface area contributed by atoms with Crippen molar-refractivity contribution in [3.63, 3.8) is 0 Å². The van der Waals surface area contributed by atoms with Gasteiger partial charge in [0.1, 0.15) is 46.1 Å². The molecule has 0 aliphatic rings. The summed E-state index contributed by atoms with van der Waals surface area (Å²) in [6, 6.07) is 37.0. The average Bonchev–Trinajstić information content (AvgIpc) is 3.46. The highest BCUT2D eigenvalue weighted by Gasteiger charge is 2.43. The predicted molar refractivity (Wildman–Crippen MR) is 188 cm³/mol. The molecule has 0 spiro atoms. The second kappa shape index (κ2) is 12.2. The Kier molecular flexibility index (Phi) is 7.68. The third kappa shape index (κ3) is 5.47. The lowest BCUT2D eigenvalue weighted by molar-refractivity contribution is 0.583. The SMILES string of the molecule is Fc1cc(F)cc(-c2ccc([Si](c3ccc(-c4ccc5c(c4)oc4ccccc45)cc3)(c3cc(F)cc(F)c3)c3cc(F)cc(F)c3)cc2)c1. The van der Waals surface area contributed by atoms with Gasteiger partial charge in [0, 0.05) is 29.0 Å². The molecule has 0 N–H and O–H groups in total. The molecule has 0 radical (unpaired) electrons. The van der Waals surface area contributed by atoms with E-state index in [1.807, 2.05) is 66.7 Å². The van der Waals surface area contributed by atoms with E-state index in [0.717, 1.165) is 45.7 Å². The molecule has 0 fully saturated rings. The smallest absolute Gasteiger partial charge is 0.180 e. The van der Waals surface area contributed by atoms with E-state index in [1.165, 1.54) is 36.4 Å². The molecule has 0 atom stereocenters. The van der Waals surface area contributed by atoms with E-state index in [2.05, 4.69) is 0 Å². The number of furan rings is 1. The Labute approximate surface area is 283 Å². The number of halogens is 6. The third-order valence-electron chi connectivity index (χ3n) is 9.13. The minimum absolute atomic E-state index is 0.209. The van der Waals surface area contributed by atoms with Gasteiger partial charge >= 0.3 is 0 Å². The predicted octanol–water partition coefficient (Wildman–Crippen LogP) is 9.13. The monoisotopic (exact) mass is 686 g/mol. The summed E-state index contributed by atoms with van der Waals surface area (Å²) in [6.45, 7) is 0. The third-order valence-corrected chi connectivity index (χ3v) is 13.8. The summed E-state index contributed by atoms with van der Waals surface area (Å²) in [4.78, 5) is 0. The first kappa shape index (κ1) is 31.4. The minimum atomic E-state index is -3.89. The molecule has 1 heterocycles. The molecule has 50 heavy (non-hydrogen) atoms. The van der Waals surface area contributed by atoms with Crippen molar-refractivity contribution in [2.24, 2.45) is 0 Å². The summed E-state index contributed by atoms with van der Waals surface area (Å²) in [7, 11) is -3.89. The van der Waals surface area contributed by atoms with Gasteiger partial charge in [-0.3, -0.25) is 0 Å². The van der Waals surface area contributed by atoms with Crippen LogP contribution in [0.15, 0.2) is 150 Å². The molecule has 0 saturated carbocycles. The molecule has 0 amide bonds. The van der Waals surface area contributed by atoms with E-state index < -0.39 is 43.0 Å². The van der Waals surface area contributed by atoms with Crippen LogP contribution in [0.4, 0.5) is 26.3 Å². The minimum Gasteiger partial charge on any atom is -0.456 e. The van der Waals surface area contributed by atoms with Crippen molar-refractivity contribution in [3.05, 3.63) is 180 Å². The van der Waals surface area contributed by atoms with Crippen LogP contribution in [-0.4, -0.2) is 8.07 Å². The van der Waals surface area contributed by atoms with E-state index in [9.17, 15) is 8.78 Å². The molecular formula is C42H24F6OSi. The van der Waals surface area contributed by atoms with Gasteiger partial charge in [-0.2, -0.15) is 0 Å². The van der Waals surface area contributed by atoms with Crippen molar-refractivity contribution in [1.82, 2.24) is 0 Å². The number of fused-ring (bicyclic) bond motifs is 3. The van der Waals surface area contributed by atoms with Crippen LogP contribution in [-0.2, 0) is 0 Å². The molecule has 1 nitrogen and oxygen atoms in total. The zero-order valence-corrected chi connectivity index (χ0v) is 27.0. The quantitative estimate of drug-likeness (QED) is 0.0967. The first-order valence-electron chi connectivity index (χ1n) is 15.7. The molecule has 7 aromatic carbocycles. The highest BCUT2D eigenvalue weighted by molar-refractivity contribution is 7.19. The standard InChI is InChI=1S/C42H24F6OSi/c43-29-15-28(16-30(44)18-29)26-7-12-36(13-8-26)50(37-21-31(45)19-32(46)22-37,38-23-33(47)20-34(48)24-38)35-10-5-25(6-11-35)27-9-14-40-39-3-1-2-4-41(39)49-42(40)17-27/h1-24H. The fraction of sp³-hybridized carbons (Fsp3) is 0. The van der Waals surface area contributed by atoms with Crippen molar-refractivity contribution >= 4 is 50.8 Å². The molecule has 8 heteroatoms.